The second kappa shape index (κ2) is 8.21. The maximum Gasteiger partial charge on any atom is 0.227 e. The minimum atomic E-state index is -0.286. The molecule has 6 rings (SSSR count). The molecule has 4 aliphatic carbocycles. The third-order valence-electron chi connectivity index (χ3n) is 11.0. The second-order valence-corrected chi connectivity index (χ2v) is 13.8. The highest BCUT2D eigenvalue weighted by molar-refractivity contribution is 7.05. The fraction of sp³-hybridized carbons (Fsp3) is 0.633. The van der Waals surface area contributed by atoms with E-state index in [1.807, 2.05) is 0 Å². The normalized spacial score (nSPS) is 37.1. The smallest absolute Gasteiger partial charge is 0.227 e. The van der Waals surface area contributed by atoms with Gasteiger partial charge in [0.15, 0.2) is 0 Å². The third kappa shape index (κ3) is 3.39. The highest BCUT2D eigenvalue weighted by Gasteiger charge is 2.61. The molecule has 1 amide bonds. The number of aromatic nitrogens is 2. The van der Waals surface area contributed by atoms with E-state index in [2.05, 4.69) is 55.6 Å². The Morgan fingerprint density at radius 2 is 1.86 bits per heavy atom. The van der Waals surface area contributed by atoms with Crippen molar-refractivity contribution < 1.29 is 9.18 Å². The minimum absolute atomic E-state index is 0.0494. The van der Waals surface area contributed by atoms with Crippen molar-refractivity contribution in [2.45, 2.75) is 78.6 Å². The third-order valence-corrected chi connectivity index (χ3v) is 11.7. The van der Waals surface area contributed by atoms with E-state index in [0.29, 0.717) is 29.4 Å². The fourth-order valence-corrected chi connectivity index (χ4v) is 10.4. The summed E-state index contributed by atoms with van der Waals surface area (Å²) < 4.78 is 17.7. The SMILES string of the molecule is C[C@H](C(=O)Nc1ccc(F)cc1)[C@H]1CC[C@H]2[C@@H]3CC=C4C(C)(C)c5nnsc5C[C@]4(C)[C@H]3CC[C@]12C. The number of nitrogens with zero attached hydrogens (tertiary/aromatic N) is 2. The van der Waals surface area contributed by atoms with Crippen LogP contribution in [-0.4, -0.2) is 15.5 Å². The van der Waals surface area contributed by atoms with Crippen LogP contribution in [0.3, 0.4) is 0 Å². The number of halogens is 1. The zero-order valence-electron chi connectivity index (χ0n) is 22.1. The van der Waals surface area contributed by atoms with Gasteiger partial charge in [-0.3, -0.25) is 4.79 Å². The lowest BCUT2D eigenvalue weighted by Crippen LogP contribution is -2.54. The Morgan fingerprint density at radius 1 is 1.11 bits per heavy atom. The summed E-state index contributed by atoms with van der Waals surface area (Å²) >= 11 is 1.60. The summed E-state index contributed by atoms with van der Waals surface area (Å²) in [5, 5.41) is 7.60. The first-order chi connectivity index (χ1) is 17.1. The zero-order chi connectivity index (χ0) is 25.5. The summed E-state index contributed by atoms with van der Waals surface area (Å²) in [6.07, 6.45) is 9.54. The molecule has 0 saturated heterocycles. The van der Waals surface area contributed by atoms with Crippen molar-refractivity contribution in [3.63, 3.8) is 0 Å². The lowest BCUT2D eigenvalue weighted by Gasteiger charge is -2.59. The molecule has 0 aliphatic heterocycles. The van der Waals surface area contributed by atoms with Gasteiger partial charge in [-0.1, -0.05) is 50.8 Å². The molecule has 4 aliphatic rings. The van der Waals surface area contributed by atoms with Crippen LogP contribution in [0.25, 0.3) is 0 Å². The van der Waals surface area contributed by atoms with Gasteiger partial charge in [0.25, 0.3) is 0 Å². The highest BCUT2D eigenvalue weighted by atomic mass is 32.1. The van der Waals surface area contributed by atoms with Crippen molar-refractivity contribution >= 4 is 23.1 Å². The number of rotatable bonds is 3. The molecule has 1 aromatic heterocycles. The van der Waals surface area contributed by atoms with E-state index in [-0.39, 0.29) is 33.9 Å². The molecule has 1 heterocycles. The minimum Gasteiger partial charge on any atom is -0.326 e. The Kier molecular flexibility index (Phi) is 5.53. The molecule has 192 valence electrons. The van der Waals surface area contributed by atoms with E-state index in [4.69, 9.17) is 0 Å². The van der Waals surface area contributed by atoms with Crippen LogP contribution in [0.2, 0.25) is 0 Å². The van der Waals surface area contributed by atoms with Gasteiger partial charge in [-0.05, 0) is 109 Å². The summed E-state index contributed by atoms with van der Waals surface area (Å²) in [6.45, 7) is 11.8. The maximum absolute atomic E-state index is 13.3. The van der Waals surface area contributed by atoms with E-state index < -0.39 is 0 Å². The van der Waals surface area contributed by atoms with Crippen LogP contribution in [0.5, 0.6) is 0 Å². The number of fused-ring (bicyclic) bond motifs is 6. The summed E-state index contributed by atoms with van der Waals surface area (Å²) in [4.78, 5) is 14.6. The lowest BCUT2D eigenvalue weighted by atomic mass is 9.45. The molecular weight excluding hydrogens is 469 g/mol. The first kappa shape index (κ1) is 24.3. The van der Waals surface area contributed by atoms with Gasteiger partial charge >= 0.3 is 0 Å². The molecule has 6 heteroatoms. The van der Waals surface area contributed by atoms with Crippen molar-refractivity contribution in [1.82, 2.24) is 9.59 Å². The van der Waals surface area contributed by atoms with Gasteiger partial charge in [0.05, 0.1) is 10.6 Å². The van der Waals surface area contributed by atoms with Crippen LogP contribution >= 0.6 is 11.5 Å². The van der Waals surface area contributed by atoms with Gasteiger partial charge in [-0.2, -0.15) is 0 Å². The molecule has 2 saturated carbocycles. The van der Waals surface area contributed by atoms with Crippen LogP contribution in [0.15, 0.2) is 35.9 Å². The van der Waals surface area contributed by atoms with E-state index >= 15 is 0 Å². The van der Waals surface area contributed by atoms with E-state index in [1.54, 1.807) is 29.2 Å². The molecular formula is C30H38FN3OS. The van der Waals surface area contributed by atoms with E-state index in [9.17, 15) is 9.18 Å². The van der Waals surface area contributed by atoms with Crippen molar-refractivity contribution in [2.24, 2.45) is 40.4 Å². The molecule has 0 spiro atoms. The number of anilines is 1. The Balaban J connectivity index is 1.25. The number of carbonyl (C=O) groups excluding carboxylic acids is 1. The topological polar surface area (TPSA) is 54.9 Å². The Labute approximate surface area is 218 Å². The number of nitrogens with one attached hydrogen (secondary N) is 1. The zero-order valence-corrected chi connectivity index (χ0v) is 22.9. The molecule has 1 aromatic carbocycles. The predicted octanol–water partition coefficient (Wildman–Crippen LogP) is 7.18. The molecule has 7 atom stereocenters. The standard InChI is InChI=1S/C30H38FN3OS/c1-17(27(35)32-19-8-6-18(31)7-9-19)21-11-12-22-20-10-13-25-28(2,3)26-24(36-34-33-26)16-30(25,5)23(20)14-15-29(21,22)4/h6-9,13,17,20-23H,10-12,14-16H2,1-5H3,(H,32,35)/t17-,20-,21+,22-,23-,29+,30+/m0/s1. The van der Waals surface area contributed by atoms with Gasteiger partial charge in [0, 0.05) is 17.0 Å². The number of amides is 1. The number of hydrogen-bond donors (Lipinski definition) is 1. The van der Waals surface area contributed by atoms with Crippen LogP contribution in [-0.2, 0) is 16.6 Å². The van der Waals surface area contributed by atoms with Gasteiger partial charge in [-0.25, -0.2) is 4.39 Å². The van der Waals surface area contributed by atoms with E-state index in [1.165, 1.54) is 42.0 Å². The molecule has 0 unspecified atom stereocenters. The molecule has 36 heavy (non-hydrogen) atoms. The van der Waals surface area contributed by atoms with Crippen LogP contribution in [0.1, 0.15) is 77.3 Å². The van der Waals surface area contributed by atoms with Gasteiger partial charge in [-0.15, -0.1) is 5.10 Å². The largest absolute Gasteiger partial charge is 0.326 e. The molecule has 1 N–H and O–H groups in total. The summed E-state index contributed by atoms with van der Waals surface area (Å²) in [5.41, 5.74) is 3.75. The lowest BCUT2D eigenvalue weighted by molar-refractivity contribution is -0.124. The highest BCUT2D eigenvalue weighted by Crippen LogP contribution is 2.68. The van der Waals surface area contributed by atoms with Gasteiger partial charge in [0.1, 0.15) is 5.82 Å². The summed E-state index contributed by atoms with van der Waals surface area (Å²) in [5.74, 6) is 2.09. The molecule has 2 aromatic rings. The van der Waals surface area contributed by atoms with Crippen LogP contribution in [0.4, 0.5) is 10.1 Å². The average Bonchev–Trinajstić information content (AvgIpc) is 3.44. The maximum atomic E-state index is 13.3. The molecule has 2 fully saturated rings. The molecule has 0 bridgehead atoms. The van der Waals surface area contributed by atoms with Crippen LogP contribution < -0.4 is 5.32 Å². The number of allylic oxidation sites excluding steroid dienone is 2. The fourth-order valence-electron chi connectivity index (χ4n) is 9.38. The van der Waals surface area contributed by atoms with E-state index in [0.717, 1.165) is 19.3 Å². The Bertz CT molecular complexity index is 1220. The predicted molar refractivity (Wildman–Crippen MR) is 142 cm³/mol. The number of hydrogen-bond acceptors (Lipinski definition) is 4. The molecule has 0 radical (unpaired) electrons. The molecule has 4 nitrogen and oxygen atoms in total. The second-order valence-electron chi connectivity index (χ2n) is 13.0. The number of benzene rings is 1. The summed E-state index contributed by atoms with van der Waals surface area (Å²) in [6, 6.07) is 6.09. The van der Waals surface area contributed by atoms with Crippen molar-refractivity contribution in [1.29, 1.82) is 0 Å². The van der Waals surface area contributed by atoms with Crippen molar-refractivity contribution in [2.75, 3.05) is 5.32 Å². The Morgan fingerprint density at radius 3 is 2.61 bits per heavy atom. The summed E-state index contributed by atoms with van der Waals surface area (Å²) in [7, 11) is 0. The first-order valence-corrected chi connectivity index (χ1v) is 14.4. The monoisotopic (exact) mass is 507 g/mol. The average molecular weight is 508 g/mol. The quantitative estimate of drug-likeness (QED) is 0.448. The first-order valence-electron chi connectivity index (χ1n) is 13.6. The van der Waals surface area contributed by atoms with Crippen molar-refractivity contribution in [3.8, 4) is 0 Å². The van der Waals surface area contributed by atoms with Gasteiger partial charge in [0.2, 0.25) is 5.91 Å². The van der Waals surface area contributed by atoms with Crippen molar-refractivity contribution in [3.05, 3.63) is 52.3 Å². The van der Waals surface area contributed by atoms with Crippen LogP contribution in [0, 0.1) is 46.2 Å². The Hall–Kier alpha value is -2.08. The number of carbonyl (C=O) groups is 1. The van der Waals surface area contributed by atoms with Gasteiger partial charge < -0.3 is 5.32 Å².